The van der Waals surface area contributed by atoms with Crippen LogP contribution in [0.2, 0.25) is 0 Å². The zero-order valence-corrected chi connectivity index (χ0v) is 15.3. The van der Waals surface area contributed by atoms with Gasteiger partial charge >= 0.3 is 13.8 Å². The lowest BCUT2D eigenvalue weighted by atomic mass is 10.2. The van der Waals surface area contributed by atoms with E-state index in [-0.39, 0.29) is 25.1 Å². The number of hydrogen-bond acceptors (Lipinski definition) is 4. The summed E-state index contributed by atoms with van der Waals surface area (Å²) in [5, 5.41) is 0. The van der Waals surface area contributed by atoms with Gasteiger partial charge in [0.15, 0.2) is 0 Å². The second-order valence-corrected chi connectivity index (χ2v) is 7.43. The van der Waals surface area contributed by atoms with E-state index in [1.54, 1.807) is 38.1 Å². The molecule has 0 aliphatic heterocycles. The Morgan fingerprint density at radius 3 is 2.08 bits per heavy atom. The molecule has 2 aromatic rings. The van der Waals surface area contributed by atoms with Gasteiger partial charge in [0.1, 0.15) is 11.5 Å². The van der Waals surface area contributed by atoms with Gasteiger partial charge in [-0.05, 0) is 55.8 Å². The molecule has 0 saturated heterocycles. The monoisotopic (exact) mass is 388 g/mol. The number of alkyl halides is 3. The van der Waals surface area contributed by atoms with Crippen LogP contribution in [0.5, 0.6) is 11.5 Å². The van der Waals surface area contributed by atoms with Gasteiger partial charge < -0.3 is 13.8 Å². The Morgan fingerprint density at radius 1 is 0.923 bits per heavy atom. The Labute approximate surface area is 150 Å². The highest BCUT2D eigenvalue weighted by molar-refractivity contribution is 7.53. The maximum Gasteiger partial charge on any atom is 0.416 e. The Bertz CT molecular complexity index is 750. The molecule has 0 fully saturated rings. The molecule has 0 unspecified atom stereocenters. The molecule has 0 amide bonds. The van der Waals surface area contributed by atoms with Gasteiger partial charge in [-0.3, -0.25) is 4.57 Å². The highest BCUT2D eigenvalue weighted by atomic mass is 31.2. The van der Waals surface area contributed by atoms with Crippen LogP contribution in [0.15, 0.2) is 48.5 Å². The van der Waals surface area contributed by atoms with Crippen LogP contribution in [-0.2, 0) is 26.0 Å². The third-order valence-electron chi connectivity index (χ3n) is 3.34. The molecular weight excluding hydrogens is 368 g/mol. The molecule has 0 radical (unpaired) electrons. The Kier molecular flexibility index (Phi) is 6.87. The molecule has 2 rings (SSSR count). The molecule has 0 N–H and O–H groups in total. The minimum absolute atomic E-state index is 0.0822. The molecule has 142 valence electrons. The summed E-state index contributed by atoms with van der Waals surface area (Å²) in [7, 11) is -3.25. The van der Waals surface area contributed by atoms with Crippen LogP contribution in [0.1, 0.15) is 25.0 Å². The van der Waals surface area contributed by atoms with Gasteiger partial charge in [-0.25, -0.2) is 0 Å². The van der Waals surface area contributed by atoms with Crippen molar-refractivity contribution in [1.82, 2.24) is 0 Å². The average molecular weight is 388 g/mol. The van der Waals surface area contributed by atoms with Crippen molar-refractivity contribution in [2.45, 2.75) is 26.2 Å². The Balaban J connectivity index is 2.12. The molecule has 2 aromatic carbocycles. The van der Waals surface area contributed by atoms with Crippen molar-refractivity contribution in [2.75, 3.05) is 13.2 Å². The molecule has 0 aliphatic carbocycles. The highest BCUT2D eigenvalue weighted by Gasteiger charge is 2.30. The van der Waals surface area contributed by atoms with E-state index < -0.39 is 19.3 Å². The molecule has 26 heavy (non-hydrogen) atoms. The van der Waals surface area contributed by atoms with E-state index in [1.165, 1.54) is 12.1 Å². The van der Waals surface area contributed by atoms with Gasteiger partial charge in [-0.15, -0.1) is 0 Å². The van der Waals surface area contributed by atoms with Gasteiger partial charge in [-0.2, -0.15) is 13.2 Å². The van der Waals surface area contributed by atoms with Crippen molar-refractivity contribution in [3.8, 4) is 11.5 Å². The van der Waals surface area contributed by atoms with Gasteiger partial charge in [-0.1, -0.05) is 12.1 Å². The van der Waals surface area contributed by atoms with Crippen LogP contribution in [-0.4, -0.2) is 13.2 Å². The number of benzene rings is 2. The standard InChI is InChI=1S/C18H20F3O4P/c1-3-23-26(22,24-4-2)13-14-6-5-7-17(12-14)25-16-10-8-15(9-11-16)18(19,20)21/h5-12H,3-4,13H2,1-2H3. The van der Waals surface area contributed by atoms with E-state index >= 15 is 0 Å². The van der Waals surface area contributed by atoms with Crippen molar-refractivity contribution in [3.63, 3.8) is 0 Å². The van der Waals surface area contributed by atoms with Crippen molar-refractivity contribution in [2.24, 2.45) is 0 Å². The first-order valence-corrected chi connectivity index (χ1v) is 9.80. The first kappa shape index (κ1) is 20.5. The van der Waals surface area contributed by atoms with Crippen LogP contribution < -0.4 is 4.74 Å². The molecule has 0 spiro atoms. The fourth-order valence-corrected chi connectivity index (χ4v) is 3.99. The Hall–Kier alpha value is -1.82. The van der Waals surface area contributed by atoms with Crippen LogP contribution in [0, 0.1) is 0 Å². The second kappa shape index (κ2) is 8.71. The molecule has 0 bridgehead atoms. The fourth-order valence-electron chi connectivity index (χ4n) is 2.30. The molecule has 0 aliphatic rings. The summed E-state index contributed by atoms with van der Waals surface area (Å²) in [6.45, 7) is 3.99. The number of halogens is 3. The zero-order valence-electron chi connectivity index (χ0n) is 14.5. The lowest BCUT2D eigenvalue weighted by Gasteiger charge is -2.17. The summed E-state index contributed by atoms with van der Waals surface area (Å²) < 4.78 is 66.5. The molecule has 0 aromatic heterocycles. The lowest BCUT2D eigenvalue weighted by molar-refractivity contribution is -0.137. The third kappa shape index (κ3) is 5.87. The van der Waals surface area contributed by atoms with Crippen molar-refractivity contribution < 1.29 is 31.5 Å². The zero-order chi connectivity index (χ0) is 19.2. The second-order valence-electron chi connectivity index (χ2n) is 5.38. The van der Waals surface area contributed by atoms with E-state index in [0.29, 0.717) is 11.3 Å². The van der Waals surface area contributed by atoms with Crippen LogP contribution in [0.25, 0.3) is 0 Å². The van der Waals surface area contributed by atoms with E-state index in [1.807, 2.05) is 0 Å². The van der Waals surface area contributed by atoms with E-state index in [4.69, 9.17) is 13.8 Å². The van der Waals surface area contributed by atoms with E-state index in [2.05, 4.69) is 0 Å². The van der Waals surface area contributed by atoms with E-state index in [0.717, 1.165) is 12.1 Å². The quantitative estimate of drug-likeness (QED) is 0.501. The van der Waals surface area contributed by atoms with Gasteiger partial charge in [0.25, 0.3) is 0 Å². The lowest BCUT2D eigenvalue weighted by Crippen LogP contribution is -2.04. The van der Waals surface area contributed by atoms with Crippen molar-refractivity contribution in [1.29, 1.82) is 0 Å². The van der Waals surface area contributed by atoms with Crippen LogP contribution in [0.3, 0.4) is 0 Å². The molecule has 4 nitrogen and oxygen atoms in total. The maximum absolute atomic E-state index is 12.6. The summed E-state index contributed by atoms with van der Waals surface area (Å²) in [6, 6.07) is 11.2. The van der Waals surface area contributed by atoms with Crippen molar-refractivity contribution >= 4 is 7.60 Å². The van der Waals surface area contributed by atoms with Gasteiger partial charge in [0.2, 0.25) is 0 Å². The first-order chi connectivity index (χ1) is 12.3. The highest BCUT2D eigenvalue weighted by Crippen LogP contribution is 2.51. The molecular formula is C18H20F3O4P. The average Bonchev–Trinajstić information content (AvgIpc) is 2.55. The third-order valence-corrected chi connectivity index (χ3v) is 5.40. The smallest absolute Gasteiger partial charge is 0.416 e. The summed E-state index contributed by atoms with van der Waals surface area (Å²) in [4.78, 5) is 0. The van der Waals surface area contributed by atoms with Crippen LogP contribution >= 0.6 is 7.60 Å². The maximum atomic E-state index is 12.6. The molecule has 0 saturated carbocycles. The van der Waals surface area contributed by atoms with Gasteiger partial charge in [0.05, 0.1) is 24.9 Å². The predicted octanol–water partition coefficient (Wildman–Crippen LogP) is 6.26. The number of ether oxygens (including phenoxy) is 1. The normalized spacial score (nSPS) is 12.2. The molecule has 0 atom stereocenters. The van der Waals surface area contributed by atoms with Crippen molar-refractivity contribution in [3.05, 3.63) is 59.7 Å². The summed E-state index contributed by atoms with van der Waals surface area (Å²) in [5.41, 5.74) is -0.0624. The Morgan fingerprint density at radius 2 is 1.54 bits per heavy atom. The summed E-state index contributed by atoms with van der Waals surface area (Å²) >= 11 is 0. The largest absolute Gasteiger partial charge is 0.457 e. The van der Waals surface area contributed by atoms with E-state index in [9.17, 15) is 17.7 Å². The number of hydrogen-bond donors (Lipinski definition) is 0. The summed E-state index contributed by atoms with van der Waals surface area (Å²) in [6.07, 6.45) is -4.31. The SMILES string of the molecule is CCOP(=O)(Cc1cccc(Oc2ccc(C(F)(F)F)cc2)c1)OCC. The number of rotatable bonds is 8. The predicted molar refractivity (Wildman–Crippen MR) is 92.5 cm³/mol. The molecule has 8 heteroatoms. The minimum atomic E-state index is -4.39. The topological polar surface area (TPSA) is 44.8 Å². The van der Waals surface area contributed by atoms with Gasteiger partial charge in [0, 0.05) is 0 Å². The summed E-state index contributed by atoms with van der Waals surface area (Å²) in [5.74, 6) is 0.690. The first-order valence-electron chi connectivity index (χ1n) is 8.08. The van der Waals surface area contributed by atoms with Crippen LogP contribution in [0.4, 0.5) is 13.2 Å². The minimum Gasteiger partial charge on any atom is -0.457 e. The molecule has 0 heterocycles. The fraction of sp³-hybridized carbons (Fsp3) is 0.333.